The Balaban J connectivity index is 1.39. The van der Waals surface area contributed by atoms with Crippen LogP contribution in [0.3, 0.4) is 0 Å². The van der Waals surface area contributed by atoms with E-state index in [4.69, 9.17) is 4.98 Å². The Morgan fingerprint density at radius 1 is 0.326 bits per heavy atom. The first-order valence-electron chi connectivity index (χ1n) is 14.8. The van der Waals surface area contributed by atoms with Crippen LogP contribution in [-0.2, 0) is 0 Å². The normalized spacial score (nSPS) is 12.7. The fraction of sp³-hybridized carbons (Fsp3) is 0. The Kier molecular flexibility index (Phi) is 3.80. The molecule has 11 rings (SSSR count). The van der Waals surface area contributed by atoms with Crippen molar-refractivity contribution in [1.82, 2.24) is 18.7 Å². The quantitative estimate of drug-likeness (QED) is 0.160. The predicted octanol–water partition coefficient (Wildman–Crippen LogP) is 9.84. The van der Waals surface area contributed by atoms with Gasteiger partial charge >= 0.3 is 0 Å². The lowest BCUT2D eigenvalue weighted by molar-refractivity contribution is 0.956. The second-order valence-electron chi connectivity index (χ2n) is 11.6. The molecule has 0 unspecified atom stereocenters. The lowest BCUT2D eigenvalue weighted by Gasteiger charge is -2.12. The van der Waals surface area contributed by atoms with E-state index in [-0.39, 0.29) is 0 Å². The van der Waals surface area contributed by atoms with Crippen LogP contribution in [0.2, 0.25) is 0 Å². The third-order valence-electron chi connectivity index (χ3n) is 9.52. The molecule has 8 aromatic carbocycles. The van der Waals surface area contributed by atoms with Crippen LogP contribution < -0.4 is 0 Å². The van der Waals surface area contributed by atoms with Crippen molar-refractivity contribution in [1.29, 1.82) is 0 Å². The minimum absolute atomic E-state index is 0.909. The molecule has 0 aliphatic heterocycles. The molecular weight excluding hydrogens is 524 g/mol. The van der Waals surface area contributed by atoms with E-state index in [0.29, 0.717) is 0 Å². The first-order valence-corrected chi connectivity index (χ1v) is 14.8. The zero-order valence-corrected chi connectivity index (χ0v) is 23.0. The van der Waals surface area contributed by atoms with Gasteiger partial charge in [-0.1, -0.05) is 72.8 Å². The van der Waals surface area contributed by atoms with Crippen LogP contribution in [0.5, 0.6) is 0 Å². The van der Waals surface area contributed by atoms with Crippen molar-refractivity contribution in [3.63, 3.8) is 0 Å². The molecule has 0 radical (unpaired) electrons. The van der Waals surface area contributed by atoms with Crippen molar-refractivity contribution >= 4 is 76.2 Å². The van der Waals surface area contributed by atoms with E-state index in [0.717, 1.165) is 22.7 Å². The summed E-state index contributed by atoms with van der Waals surface area (Å²) in [6.07, 6.45) is 0. The summed E-state index contributed by atoms with van der Waals surface area (Å²) in [6.45, 7) is 0. The molecule has 0 bridgehead atoms. The SMILES string of the molecule is c1ccc(-n2c(-n3c4ccc5ccc6c7c5c4c4c5c(ccc(c57)n6-c5ccccc5)ccc43)nc3ccccc32)cc1. The third-order valence-corrected chi connectivity index (χ3v) is 9.52. The Bertz CT molecular complexity index is 2700. The van der Waals surface area contributed by atoms with Gasteiger partial charge in [-0.2, -0.15) is 0 Å². The van der Waals surface area contributed by atoms with E-state index in [1.165, 1.54) is 70.8 Å². The van der Waals surface area contributed by atoms with Gasteiger partial charge in [0.05, 0.1) is 33.1 Å². The van der Waals surface area contributed by atoms with Crippen LogP contribution in [0, 0.1) is 0 Å². The first kappa shape index (κ1) is 21.8. The molecule has 0 amide bonds. The largest absolute Gasteiger partial charge is 0.309 e. The maximum atomic E-state index is 5.30. The number of para-hydroxylation sites is 4. The van der Waals surface area contributed by atoms with Gasteiger partial charge in [0.15, 0.2) is 0 Å². The molecule has 0 saturated heterocycles. The molecule has 11 aromatic rings. The first-order chi connectivity index (χ1) is 21.4. The van der Waals surface area contributed by atoms with Gasteiger partial charge in [-0.25, -0.2) is 4.98 Å². The third kappa shape index (κ3) is 2.52. The molecule has 0 N–H and O–H groups in total. The summed E-state index contributed by atoms with van der Waals surface area (Å²) in [6, 6.07) is 48.2. The lowest BCUT2D eigenvalue weighted by Crippen LogP contribution is -2.05. The minimum Gasteiger partial charge on any atom is -0.309 e. The average molecular weight is 547 g/mol. The molecule has 0 saturated carbocycles. The van der Waals surface area contributed by atoms with Crippen molar-refractivity contribution in [3.8, 4) is 17.3 Å². The zero-order chi connectivity index (χ0) is 27.8. The van der Waals surface area contributed by atoms with E-state index < -0.39 is 0 Å². The number of aromatic nitrogens is 4. The summed E-state index contributed by atoms with van der Waals surface area (Å²) in [7, 11) is 0. The van der Waals surface area contributed by atoms with Crippen LogP contribution in [0.1, 0.15) is 0 Å². The molecule has 0 spiro atoms. The summed E-state index contributed by atoms with van der Waals surface area (Å²) in [5.41, 5.74) is 9.24. The number of nitrogens with zero attached hydrogens (tertiary/aromatic N) is 4. The van der Waals surface area contributed by atoms with Crippen molar-refractivity contribution in [2.24, 2.45) is 0 Å². The Labute approximate surface area is 245 Å². The van der Waals surface area contributed by atoms with E-state index in [2.05, 4.69) is 147 Å². The summed E-state index contributed by atoms with van der Waals surface area (Å²) >= 11 is 0. The molecule has 3 heterocycles. The van der Waals surface area contributed by atoms with Crippen LogP contribution in [0.25, 0.3) is 93.5 Å². The molecule has 3 aromatic heterocycles. The second-order valence-corrected chi connectivity index (χ2v) is 11.6. The van der Waals surface area contributed by atoms with Crippen LogP contribution >= 0.6 is 0 Å². The molecule has 0 fully saturated rings. The van der Waals surface area contributed by atoms with Gasteiger partial charge in [0, 0.05) is 43.7 Å². The number of fused-ring (bicyclic) bond motifs is 1. The smallest absolute Gasteiger partial charge is 0.220 e. The fourth-order valence-corrected chi connectivity index (χ4v) is 7.88. The summed E-state index contributed by atoms with van der Waals surface area (Å²) < 4.78 is 7.14. The van der Waals surface area contributed by atoms with Crippen LogP contribution in [0.4, 0.5) is 0 Å². The van der Waals surface area contributed by atoms with Gasteiger partial charge in [0.1, 0.15) is 0 Å². The maximum Gasteiger partial charge on any atom is 0.220 e. The van der Waals surface area contributed by atoms with Gasteiger partial charge in [0.2, 0.25) is 5.95 Å². The number of rotatable bonds is 3. The van der Waals surface area contributed by atoms with Crippen LogP contribution in [0.15, 0.2) is 133 Å². The second kappa shape index (κ2) is 7.50. The topological polar surface area (TPSA) is 27.7 Å². The number of hydrogen-bond donors (Lipinski definition) is 0. The average Bonchev–Trinajstić information content (AvgIpc) is 3.73. The Morgan fingerprint density at radius 3 is 1.30 bits per heavy atom. The van der Waals surface area contributed by atoms with Crippen molar-refractivity contribution in [3.05, 3.63) is 133 Å². The van der Waals surface area contributed by atoms with E-state index in [1.807, 2.05) is 0 Å². The summed E-state index contributed by atoms with van der Waals surface area (Å²) in [4.78, 5) is 5.30. The Morgan fingerprint density at radius 2 is 0.767 bits per heavy atom. The predicted molar refractivity (Wildman–Crippen MR) is 178 cm³/mol. The number of hydrogen-bond acceptors (Lipinski definition) is 1. The highest BCUT2D eigenvalue weighted by Crippen LogP contribution is 2.51. The molecule has 0 aliphatic rings. The standard InChI is InChI=1S/C39H22N4/c1-3-9-25(10-4-1)41-29-19-15-23-17-21-31-37-33(23)35(29)36-30(41)20-16-24-18-22-32(38(37)34(24)36)43(31)39-40-27-13-7-8-14-28(27)42(39)26-11-5-2-6-12-26/h1-22H. The summed E-state index contributed by atoms with van der Waals surface area (Å²) in [5.74, 6) is 0.909. The molecule has 0 atom stereocenters. The molecule has 0 aliphatic carbocycles. The maximum absolute atomic E-state index is 5.30. The molecule has 198 valence electrons. The van der Waals surface area contributed by atoms with Crippen molar-refractivity contribution in [2.45, 2.75) is 0 Å². The molecule has 4 nitrogen and oxygen atoms in total. The number of imidazole rings is 1. The summed E-state index contributed by atoms with van der Waals surface area (Å²) in [5, 5.41) is 10.6. The molecule has 43 heavy (non-hydrogen) atoms. The number of benzene rings is 8. The van der Waals surface area contributed by atoms with Gasteiger partial charge in [0.25, 0.3) is 0 Å². The highest BCUT2D eigenvalue weighted by molar-refractivity contribution is 6.45. The lowest BCUT2D eigenvalue weighted by atomic mass is 9.90. The monoisotopic (exact) mass is 546 g/mol. The fourth-order valence-electron chi connectivity index (χ4n) is 7.88. The van der Waals surface area contributed by atoms with E-state index in [9.17, 15) is 0 Å². The molecular formula is C39H22N4. The van der Waals surface area contributed by atoms with Gasteiger partial charge < -0.3 is 4.57 Å². The minimum atomic E-state index is 0.909. The molecule has 4 heteroatoms. The van der Waals surface area contributed by atoms with Crippen molar-refractivity contribution < 1.29 is 0 Å². The highest BCUT2D eigenvalue weighted by Gasteiger charge is 2.28. The van der Waals surface area contributed by atoms with Gasteiger partial charge in [-0.15, -0.1) is 0 Å². The van der Waals surface area contributed by atoms with Crippen molar-refractivity contribution in [2.75, 3.05) is 0 Å². The Hall–Kier alpha value is -5.87. The zero-order valence-electron chi connectivity index (χ0n) is 23.0. The van der Waals surface area contributed by atoms with E-state index >= 15 is 0 Å². The highest BCUT2D eigenvalue weighted by atomic mass is 15.2. The van der Waals surface area contributed by atoms with Crippen LogP contribution in [-0.4, -0.2) is 18.7 Å². The van der Waals surface area contributed by atoms with E-state index in [1.54, 1.807) is 0 Å². The van der Waals surface area contributed by atoms with Gasteiger partial charge in [-0.3, -0.25) is 9.13 Å². The van der Waals surface area contributed by atoms with Gasteiger partial charge in [-0.05, 0) is 71.4 Å².